The molecule has 0 amide bonds. The van der Waals surface area contributed by atoms with Crippen molar-refractivity contribution < 1.29 is 8.42 Å². The fraction of sp³-hybridized carbons (Fsp3) is 0.571. The largest absolute Gasteiger partial charge is 0.330 e. The van der Waals surface area contributed by atoms with Gasteiger partial charge in [0.25, 0.3) is 0 Å². The summed E-state index contributed by atoms with van der Waals surface area (Å²) in [6, 6.07) is 6.98. The van der Waals surface area contributed by atoms with E-state index in [-0.39, 0.29) is 17.7 Å². The fourth-order valence-corrected chi connectivity index (χ4v) is 4.54. The summed E-state index contributed by atoms with van der Waals surface area (Å²) in [5, 5.41) is 0.483. The Hall–Kier alpha value is -0.620. The summed E-state index contributed by atoms with van der Waals surface area (Å²) in [6.07, 6.45) is 4.04. The molecule has 0 aliphatic heterocycles. The second kappa shape index (κ2) is 6.89. The van der Waals surface area contributed by atoms with E-state index in [1.165, 1.54) is 0 Å². The first kappa shape index (κ1) is 15.8. The molecular formula is C14H21ClN2O2S. The van der Waals surface area contributed by atoms with Gasteiger partial charge in [-0.2, -0.15) is 0 Å². The van der Waals surface area contributed by atoms with E-state index in [9.17, 15) is 8.42 Å². The molecule has 0 bridgehead atoms. The number of hydrogen-bond donors (Lipinski definition) is 2. The van der Waals surface area contributed by atoms with Gasteiger partial charge in [0.05, 0.1) is 5.75 Å². The van der Waals surface area contributed by atoms with Crippen LogP contribution in [0, 0.1) is 5.92 Å². The van der Waals surface area contributed by atoms with Gasteiger partial charge in [0.15, 0.2) is 0 Å². The summed E-state index contributed by atoms with van der Waals surface area (Å²) < 4.78 is 27.3. The zero-order valence-corrected chi connectivity index (χ0v) is 13.0. The molecule has 1 aliphatic rings. The van der Waals surface area contributed by atoms with Gasteiger partial charge in [-0.3, -0.25) is 0 Å². The van der Waals surface area contributed by atoms with Gasteiger partial charge in [-0.25, -0.2) is 13.1 Å². The number of nitrogens with one attached hydrogen (secondary N) is 1. The van der Waals surface area contributed by atoms with Crippen LogP contribution in [0.5, 0.6) is 0 Å². The van der Waals surface area contributed by atoms with E-state index in [0.29, 0.717) is 17.1 Å². The van der Waals surface area contributed by atoms with E-state index in [4.69, 9.17) is 17.3 Å². The van der Waals surface area contributed by atoms with Crippen molar-refractivity contribution in [2.75, 3.05) is 6.54 Å². The fourth-order valence-electron chi connectivity index (χ4n) is 2.74. The van der Waals surface area contributed by atoms with Crippen LogP contribution in [0.2, 0.25) is 5.02 Å². The zero-order valence-electron chi connectivity index (χ0n) is 11.4. The Morgan fingerprint density at radius 3 is 2.65 bits per heavy atom. The molecule has 1 aliphatic carbocycles. The third-order valence-electron chi connectivity index (χ3n) is 3.85. The van der Waals surface area contributed by atoms with E-state index in [1.807, 2.05) is 0 Å². The number of sulfonamides is 1. The summed E-state index contributed by atoms with van der Waals surface area (Å²) >= 11 is 6.02. The molecule has 6 heteroatoms. The molecule has 0 unspecified atom stereocenters. The molecular weight excluding hydrogens is 296 g/mol. The maximum Gasteiger partial charge on any atom is 0.216 e. The van der Waals surface area contributed by atoms with Crippen LogP contribution in [0.3, 0.4) is 0 Å². The molecule has 20 heavy (non-hydrogen) atoms. The van der Waals surface area contributed by atoms with Gasteiger partial charge in [-0.05, 0) is 36.9 Å². The highest BCUT2D eigenvalue weighted by Crippen LogP contribution is 2.25. The number of rotatable bonds is 5. The Balaban J connectivity index is 2.05. The van der Waals surface area contributed by atoms with Gasteiger partial charge in [0, 0.05) is 11.1 Å². The molecule has 0 heterocycles. The molecule has 2 rings (SSSR count). The van der Waals surface area contributed by atoms with Crippen molar-refractivity contribution in [3.63, 3.8) is 0 Å². The van der Waals surface area contributed by atoms with Gasteiger partial charge < -0.3 is 5.73 Å². The monoisotopic (exact) mass is 316 g/mol. The number of benzene rings is 1. The molecule has 112 valence electrons. The van der Waals surface area contributed by atoms with Gasteiger partial charge in [0.1, 0.15) is 0 Å². The molecule has 1 fully saturated rings. The van der Waals surface area contributed by atoms with E-state index in [1.54, 1.807) is 24.3 Å². The molecule has 0 radical (unpaired) electrons. The highest BCUT2D eigenvalue weighted by Gasteiger charge is 2.28. The minimum absolute atomic E-state index is 0.0405. The first-order valence-corrected chi connectivity index (χ1v) is 8.98. The smallest absolute Gasteiger partial charge is 0.216 e. The quantitative estimate of drug-likeness (QED) is 0.875. The maximum absolute atomic E-state index is 12.3. The van der Waals surface area contributed by atoms with E-state index >= 15 is 0 Å². The van der Waals surface area contributed by atoms with Crippen LogP contribution in [-0.4, -0.2) is 21.0 Å². The Bertz CT molecular complexity index is 548. The lowest BCUT2D eigenvalue weighted by Gasteiger charge is -2.31. The zero-order chi connectivity index (χ0) is 14.6. The molecule has 1 aromatic carbocycles. The summed E-state index contributed by atoms with van der Waals surface area (Å²) in [4.78, 5) is 0. The molecule has 0 aromatic heterocycles. The van der Waals surface area contributed by atoms with E-state index in [0.717, 1.165) is 25.7 Å². The summed E-state index contributed by atoms with van der Waals surface area (Å²) in [5.74, 6) is 0.158. The Kier molecular flexibility index (Phi) is 5.43. The molecule has 2 atom stereocenters. The third kappa shape index (κ3) is 4.19. The van der Waals surface area contributed by atoms with E-state index in [2.05, 4.69) is 4.72 Å². The van der Waals surface area contributed by atoms with Crippen molar-refractivity contribution in [3.05, 3.63) is 34.9 Å². The predicted molar refractivity (Wildman–Crippen MR) is 82.0 cm³/mol. The van der Waals surface area contributed by atoms with Gasteiger partial charge in [-0.1, -0.05) is 42.6 Å². The van der Waals surface area contributed by atoms with Crippen LogP contribution in [0.25, 0.3) is 0 Å². The lowest BCUT2D eigenvalue weighted by Crippen LogP contribution is -2.45. The summed E-state index contributed by atoms with van der Waals surface area (Å²) in [6.45, 7) is 0.527. The van der Waals surface area contributed by atoms with Crippen LogP contribution in [0.1, 0.15) is 31.2 Å². The molecule has 1 saturated carbocycles. The molecule has 1 aromatic rings. The van der Waals surface area contributed by atoms with Crippen LogP contribution in [0.15, 0.2) is 24.3 Å². The number of halogens is 1. The standard InChI is InChI=1S/C14H21ClN2O2S/c15-13-7-3-1-6-12(13)10-20(18,19)17-14-8-4-2-5-11(14)9-16/h1,3,6-7,11,14,17H,2,4-5,8-10,16H2/t11-,14+/m1/s1. The topological polar surface area (TPSA) is 72.2 Å². The highest BCUT2D eigenvalue weighted by atomic mass is 35.5. The van der Waals surface area contributed by atoms with Gasteiger partial charge in [-0.15, -0.1) is 0 Å². The lowest BCUT2D eigenvalue weighted by atomic mass is 9.85. The Labute approximate surface area is 125 Å². The Morgan fingerprint density at radius 1 is 1.25 bits per heavy atom. The average Bonchev–Trinajstić information content (AvgIpc) is 2.41. The minimum Gasteiger partial charge on any atom is -0.330 e. The highest BCUT2D eigenvalue weighted by molar-refractivity contribution is 7.88. The third-order valence-corrected chi connectivity index (χ3v) is 5.57. The molecule has 0 spiro atoms. The summed E-state index contributed by atoms with van der Waals surface area (Å²) in [5.41, 5.74) is 6.36. The first-order chi connectivity index (χ1) is 9.52. The van der Waals surface area contributed by atoms with Crippen molar-refractivity contribution >= 4 is 21.6 Å². The van der Waals surface area contributed by atoms with Crippen molar-refractivity contribution in [1.82, 2.24) is 4.72 Å². The van der Waals surface area contributed by atoms with Crippen LogP contribution in [0.4, 0.5) is 0 Å². The summed E-state index contributed by atoms with van der Waals surface area (Å²) in [7, 11) is -3.39. The van der Waals surface area contributed by atoms with Crippen LogP contribution >= 0.6 is 11.6 Å². The van der Waals surface area contributed by atoms with Crippen molar-refractivity contribution in [1.29, 1.82) is 0 Å². The second-order valence-electron chi connectivity index (χ2n) is 5.36. The normalized spacial score (nSPS) is 23.7. The van der Waals surface area contributed by atoms with Crippen LogP contribution in [-0.2, 0) is 15.8 Å². The predicted octanol–water partition coefficient (Wildman–Crippen LogP) is 2.28. The Morgan fingerprint density at radius 2 is 1.95 bits per heavy atom. The van der Waals surface area contributed by atoms with Gasteiger partial charge >= 0.3 is 0 Å². The average molecular weight is 317 g/mol. The molecule has 0 saturated heterocycles. The lowest BCUT2D eigenvalue weighted by molar-refractivity contribution is 0.296. The molecule has 4 nitrogen and oxygen atoms in total. The van der Waals surface area contributed by atoms with Crippen molar-refractivity contribution in [3.8, 4) is 0 Å². The van der Waals surface area contributed by atoms with E-state index < -0.39 is 10.0 Å². The van der Waals surface area contributed by atoms with Crippen LogP contribution < -0.4 is 10.5 Å². The minimum atomic E-state index is -3.39. The van der Waals surface area contributed by atoms with Crippen molar-refractivity contribution in [2.24, 2.45) is 11.7 Å². The second-order valence-corrected chi connectivity index (χ2v) is 7.52. The van der Waals surface area contributed by atoms with Gasteiger partial charge in [0.2, 0.25) is 10.0 Å². The first-order valence-electron chi connectivity index (χ1n) is 6.95. The number of hydrogen-bond acceptors (Lipinski definition) is 3. The SMILES string of the molecule is NC[C@H]1CCCC[C@@H]1NS(=O)(=O)Cc1ccccc1Cl. The van der Waals surface area contributed by atoms with Crippen molar-refractivity contribution in [2.45, 2.75) is 37.5 Å². The molecule has 3 N–H and O–H groups in total. The maximum atomic E-state index is 12.3. The number of nitrogens with two attached hydrogens (primary N) is 1.